The maximum Gasteiger partial charge on any atom is 0.306 e. The average Bonchev–Trinajstić information content (AvgIpc) is 3.14. The van der Waals surface area contributed by atoms with Crippen LogP contribution in [-0.2, 0) is 28.6 Å². The van der Waals surface area contributed by atoms with Gasteiger partial charge in [0.15, 0.2) is 6.10 Å². The summed E-state index contributed by atoms with van der Waals surface area (Å²) in [6.45, 7) is 8.97. The van der Waals surface area contributed by atoms with Crippen LogP contribution in [-0.4, -0.2) is 37.2 Å². The van der Waals surface area contributed by atoms with Gasteiger partial charge in [0.2, 0.25) is 0 Å². The Hall–Kier alpha value is -1.59. The van der Waals surface area contributed by atoms with Crippen LogP contribution in [0, 0.1) is 5.92 Å². The highest BCUT2D eigenvalue weighted by Crippen LogP contribution is 2.16. The normalized spacial score (nSPS) is 11.9. The Morgan fingerprint density at radius 2 is 0.623 bits per heavy atom. The van der Waals surface area contributed by atoms with E-state index in [-0.39, 0.29) is 31.1 Å². The van der Waals surface area contributed by atoms with Crippen LogP contribution in [0.5, 0.6) is 0 Å². The zero-order valence-electron chi connectivity index (χ0n) is 36.0. The fourth-order valence-electron chi connectivity index (χ4n) is 6.98. The molecular formula is C47H90O6. The van der Waals surface area contributed by atoms with Crippen molar-refractivity contribution in [3.63, 3.8) is 0 Å². The number of hydrogen-bond donors (Lipinski definition) is 0. The molecule has 0 aromatic rings. The van der Waals surface area contributed by atoms with Crippen molar-refractivity contribution in [2.75, 3.05) is 13.2 Å². The first kappa shape index (κ1) is 51.4. The summed E-state index contributed by atoms with van der Waals surface area (Å²) in [5.74, 6) is -0.0108. The lowest BCUT2D eigenvalue weighted by Crippen LogP contribution is -2.30. The van der Waals surface area contributed by atoms with Gasteiger partial charge in [-0.25, -0.2) is 0 Å². The van der Waals surface area contributed by atoms with E-state index in [9.17, 15) is 14.4 Å². The topological polar surface area (TPSA) is 78.9 Å². The van der Waals surface area contributed by atoms with Gasteiger partial charge in [0.05, 0.1) is 0 Å². The molecule has 0 amide bonds. The Morgan fingerprint density at radius 3 is 0.925 bits per heavy atom. The van der Waals surface area contributed by atoms with Crippen molar-refractivity contribution < 1.29 is 28.6 Å². The van der Waals surface area contributed by atoms with Gasteiger partial charge < -0.3 is 14.2 Å². The summed E-state index contributed by atoms with van der Waals surface area (Å²) < 4.78 is 16.7. The van der Waals surface area contributed by atoms with E-state index in [1.54, 1.807) is 0 Å². The summed E-state index contributed by atoms with van der Waals surface area (Å²) in [5, 5.41) is 0. The quantitative estimate of drug-likeness (QED) is 0.0351. The first-order chi connectivity index (χ1) is 25.9. The highest BCUT2D eigenvalue weighted by Gasteiger charge is 2.19. The number of esters is 3. The third-order valence-electron chi connectivity index (χ3n) is 10.5. The Balaban J connectivity index is 4.17. The fourth-order valence-corrected chi connectivity index (χ4v) is 6.98. The van der Waals surface area contributed by atoms with Crippen molar-refractivity contribution in [2.45, 2.75) is 265 Å². The molecule has 0 saturated heterocycles. The number of hydrogen-bond acceptors (Lipinski definition) is 6. The van der Waals surface area contributed by atoms with E-state index in [0.29, 0.717) is 19.3 Å². The van der Waals surface area contributed by atoms with Crippen LogP contribution in [0.2, 0.25) is 0 Å². The lowest BCUT2D eigenvalue weighted by atomic mass is 10.0. The fraction of sp³-hybridized carbons (Fsp3) is 0.936. The number of carbonyl (C=O) groups excluding carboxylic acids is 3. The predicted octanol–water partition coefficient (Wildman–Crippen LogP) is 14.7. The molecule has 0 aliphatic carbocycles. The summed E-state index contributed by atoms with van der Waals surface area (Å²) in [6.07, 6.45) is 41.0. The van der Waals surface area contributed by atoms with Crippen molar-refractivity contribution in [1.82, 2.24) is 0 Å². The predicted molar refractivity (Wildman–Crippen MR) is 224 cm³/mol. The second-order valence-corrected chi connectivity index (χ2v) is 16.5. The largest absolute Gasteiger partial charge is 0.462 e. The molecule has 0 fully saturated rings. The maximum absolute atomic E-state index is 12.6. The molecule has 0 unspecified atom stereocenters. The van der Waals surface area contributed by atoms with Crippen molar-refractivity contribution in [3.8, 4) is 0 Å². The van der Waals surface area contributed by atoms with Crippen molar-refractivity contribution in [3.05, 3.63) is 0 Å². The van der Waals surface area contributed by atoms with Crippen LogP contribution in [0.4, 0.5) is 0 Å². The minimum absolute atomic E-state index is 0.0639. The second kappa shape index (κ2) is 41.6. The van der Waals surface area contributed by atoms with Gasteiger partial charge in [-0.15, -0.1) is 0 Å². The minimum atomic E-state index is -0.757. The molecule has 0 bridgehead atoms. The molecule has 314 valence electrons. The Labute approximate surface area is 329 Å². The van der Waals surface area contributed by atoms with E-state index < -0.39 is 6.10 Å². The Morgan fingerprint density at radius 1 is 0.358 bits per heavy atom. The molecule has 0 heterocycles. The third-order valence-corrected chi connectivity index (χ3v) is 10.5. The van der Waals surface area contributed by atoms with Gasteiger partial charge in [-0.05, 0) is 25.2 Å². The van der Waals surface area contributed by atoms with Crippen molar-refractivity contribution in [1.29, 1.82) is 0 Å². The number of carbonyl (C=O) groups is 3. The number of rotatable bonds is 42. The lowest BCUT2D eigenvalue weighted by molar-refractivity contribution is -0.167. The minimum Gasteiger partial charge on any atom is -0.462 e. The Bertz CT molecular complexity index is 796. The molecule has 0 aromatic carbocycles. The van der Waals surface area contributed by atoms with Gasteiger partial charge in [0.1, 0.15) is 13.2 Å². The average molecular weight is 751 g/mol. The van der Waals surface area contributed by atoms with E-state index in [1.807, 2.05) is 0 Å². The molecule has 0 aliphatic heterocycles. The highest BCUT2D eigenvalue weighted by molar-refractivity contribution is 5.71. The first-order valence-corrected chi connectivity index (χ1v) is 23.4. The van der Waals surface area contributed by atoms with E-state index in [4.69, 9.17) is 14.2 Å². The van der Waals surface area contributed by atoms with Crippen molar-refractivity contribution in [2.24, 2.45) is 5.92 Å². The Kier molecular flexibility index (Phi) is 40.3. The first-order valence-electron chi connectivity index (χ1n) is 23.4. The molecule has 0 radical (unpaired) electrons. The third kappa shape index (κ3) is 41.4. The van der Waals surface area contributed by atoms with Crippen LogP contribution < -0.4 is 0 Å². The van der Waals surface area contributed by atoms with Crippen LogP contribution >= 0.6 is 0 Å². The molecule has 0 aromatic heterocycles. The van der Waals surface area contributed by atoms with Gasteiger partial charge in [-0.2, -0.15) is 0 Å². The molecule has 0 saturated carbocycles. The molecule has 0 rings (SSSR count). The lowest BCUT2D eigenvalue weighted by Gasteiger charge is -2.18. The van der Waals surface area contributed by atoms with E-state index in [2.05, 4.69) is 27.7 Å². The number of ether oxygens (including phenoxy) is 3. The zero-order valence-corrected chi connectivity index (χ0v) is 36.0. The van der Waals surface area contributed by atoms with Gasteiger partial charge in [-0.3, -0.25) is 14.4 Å². The number of unbranched alkanes of at least 4 members (excludes halogenated alkanes) is 29. The molecule has 0 aliphatic rings. The summed E-state index contributed by atoms with van der Waals surface area (Å²) >= 11 is 0. The van der Waals surface area contributed by atoms with Gasteiger partial charge in [-0.1, -0.05) is 220 Å². The molecule has 1 atom stereocenters. The second-order valence-electron chi connectivity index (χ2n) is 16.5. The van der Waals surface area contributed by atoms with E-state index in [1.165, 1.54) is 154 Å². The molecule has 53 heavy (non-hydrogen) atoms. The zero-order chi connectivity index (χ0) is 38.9. The molecule has 0 N–H and O–H groups in total. The monoisotopic (exact) mass is 751 g/mol. The van der Waals surface area contributed by atoms with E-state index in [0.717, 1.165) is 63.7 Å². The summed E-state index contributed by atoms with van der Waals surface area (Å²) in [6, 6.07) is 0. The molecular weight excluding hydrogens is 661 g/mol. The van der Waals surface area contributed by atoms with Gasteiger partial charge in [0, 0.05) is 19.3 Å². The molecule has 6 heteroatoms. The summed E-state index contributed by atoms with van der Waals surface area (Å²) in [4.78, 5) is 37.6. The molecule has 0 spiro atoms. The summed E-state index contributed by atoms with van der Waals surface area (Å²) in [5.41, 5.74) is 0. The maximum atomic E-state index is 12.6. The summed E-state index contributed by atoms with van der Waals surface area (Å²) in [7, 11) is 0. The van der Waals surface area contributed by atoms with E-state index >= 15 is 0 Å². The van der Waals surface area contributed by atoms with Crippen LogP contribution in [0.25, 0.3) is 0 Å². The van der Waals surface area contributed by atoms with Crippen molar-refractivity contribution >= 4 is 17.9 Å². The van der Waals surface area contributed by atoms with Crippen LogP contribution in [0.15, 0.2) is 0 Å². The molecule has 6 nitrogen and oxygen atoms in total. The van der Waals surface area contributed by atoms with Gasteiger partial charge in [0.25, 0.3) is 0 Å². The van der Waals surface area contributed by atoms with Crippen LogP contribution in [0.1, 0.15) is 259 Å². The SMILES string of the molecule is CCCCCCCCCCCCC(=O)O[C@H](COC(=O)CCCCCCCCC)COC(=O)CCCCCCCCCCCCCCCCCC(C)C. The smallest absolute Gasteiger partial charge is 0.306 e. The van der Waals surface area contributed by atoms with Crippen LogP contribution in [0.3, 0.4) is 0 Å². The van der Waals surface area contributed by atoms with Gasteiger partial charge >= 0.3 is 17.9 Å². The highest BCUT2D eigenvalue weighted by atomic mass is 16.6. The standard InChI is InChI=1S/C47H90O6/c1-5-7-9-11-13-14-23-28-32-36-40-47(50)53-44(41-51-45(48)38-34-30-25-12-10-8-6-2)42-52-46(49)39-35-31-27-24-21-19-17-15-16-18-20-22-26-29-33-37-43(3)4/h43-44H,5-42H2,1-4H3/t44-/m1/s1.